The smallest absolute Gasteiger partial charge is 0.174 e. The third kappa shape index (κ3) is 2.65. The number of aryl methyl sites for hydroxylation is 1. The van der Waals surface area contributed by atoms with Crippen LogP contribution >= 0.6 is 23.1 Å². The Kier molecular flexibility index (Phi) is 3.18. The molecule has 2 heterocycles. The summed E-state index contributed by atoms with van der Waals surface area (Å²) >= 11 is 3.56. The fourth-order valence-electron chi connectivity index (χ4n) is 1.39. The van der Waals surface area contributed by atoms with E-state index in [0.717, 1.165) is 15.9 Å². The molecule has 5 heteroatoms. The van der Waals surface area contributed by atoms with Crippen molar-refractivity contribution in [2.75, 3.05) is 13.1 Å². The molecule has 0 saturated carbocycles. The van der Waals surface area contributed by atoms with E-state index < -0.39 is 0 Å². The Morgan fingerprint density at radius 3 is 3.08 bits per heavy atom. The van der Waals surface area contributed by atoms with E-state index in [4.69, 9.17) is 0 Å². The molecule has 0 amide bonds. The molecule has 1 aromatic heterocycles. The van der Waals surface area contributed by atoms with Crippen LogP contribution in [-0.2, 0) is 0 Å². The van der Waals surface area contributed by atoms with Gasteiger partial charge in [0.2, 0.25) is 0 Å². The van der Waals surface area contributed by atoms with E-state index in [1.807, 2.05) is 18.7 Å². The number of thioether (sulfide) groups is 1. The van der Waals surface area contributed by atoms with Gasteiger partial charge >= 0.3 is 0 Å². The lowest BCUT2D eigenvalue weighted by Gasteiger charge is -2.20. The van der Waals surface area contributed by atoms with Crippen LogP contribution in [0.1, 0.15) is 17.8 Å². The van der Waals surface area contributed by atoms with E-state index in [9.17, 15) is 0 Å². The molecule has 0 aromatic carbocycles. The number of rotatable bonds is 2. The lowest BCUT2D eigenvalue weighted by Crippen LogP contribution is -2.31. The Hall–Kier alpha value is -0.130. The van der Waals surface area contributed by atoms with Gasteiger partial charge in [0.25, 0.3) is 0 Å². The van der Waals surface area contributed by atoms with Gasteiger partial charge in [-0.2, -0.15) is 0 Å². The predicted octanol–water partition coefficient (Wildman–Crippen LogP) is 1.69. The highest BCUT2D eigenvalue weighted by molar-refractivity contribution is 8.01. The topological polar surface area (TPSA) is 37.8 Å². The van der Waals surface area contributed by atoms with Crippen molar-refractivity contribution in [3.63, 3.8) is 0 Å². The van der Waals surface area contributed by atoms with Crippen molar-refractivity contribution in [2.24, 2.45) is 0 Å². The zero-order chi connectivity index (χ0) is 9.10. The van der Waals surface area contributed by atoms with Gasteiger partial charge in [-0.05, 0) is 26.3 Å². The molecule has 3 nitrogen and oxygen atoms in total. The summed E-state index contributed by atoms with van der Waals surface area (Å²) in [6, 6.07) is 0. The molecule has 0 unspecified atom stereocenters. The molecule has 0 spiro atoms. The minimum absolute atomic E-state index is 0.695. The van der Waals surface area contributed by atoms with Crippen LogP contribution in [0.2, 0.25) is 0 Å². The second-order valence-corrected chi connectivity index (χ2v) is 5.90. The minimum Gasteiger partial charge on any atom is -0.316 e. The molecule has 1 aliphatic heterocycles. The molecule has 1 N–H and O–H groups in total. The van der Waals surface area contributed by atoms with E-state index in [-0.39, 0.29) is 0 Å². The molecule has 72 valence electrons. The molecule has 1 aliphatic rings. The zero-order valence-electron chi connectivity index (χ0n) is 7.62. The fourth-order valence-corrected chi connectivity index (χ4v) is 3.63. The number of hydrogen-bond acceptors (Lipinski definition) is 5. The van der Waals surface area contributed by atoms with Crippen LogP contribution in [0.4, 0.5) is 0 Å². The SMILES string of the molecule is Cc1nnc(S[C@H]2CCCNC2)s1. The van der Waals surface area contributed by atoms with Gasteiger partial charge in [0.1, 0.15) is 5.01 Å². The van der Waals surface area contributed by atoms with Crippen LogP contribution in [0, 0.1) is 6.92 Å². The van der Waals surface area contributed by atoms with Crippen LogP contribution in [0.5, 0.6) is 0 Å². The van der Waals surface area contributed by atoms with E-state index in [2.05, 4.69) is 15.5 Å². The number of nitrogens with zero attached hydrogens (tertiary/aromatic N) is 2. The first-order chi connectivity index (χ1) is 6.34. The molecule has 1 saturated heterocycles. The van der Waals surface area contributed by atoms with Gasteiger partial charge < -0.3 is 5.32 Å². The van der Waals surface area contributed by atoms with Crippen molar-refractivity contribution >= 4 is 23.1 Å². The first-order valence-electron chi connectivity index (χ1n) is 4.52. The average Bonchev–Trinajstić information content (AvgIpc) is 2.53. The van der Waals surface area contributed by atoms with Crippen molar-refractivity contribution in [1.29, 1.82) is 0 Å². The van der Waals surface area contributed by atoms with Gasteiger partial charge in [-0.1, -0.05) is 23.1 Å². The number of nitrogens with one attached hydrogen (secondary N) is 1. The Bertz CT molecular complexity index is 268. The second kappa shape index (κ2) is 4.39. The summed E-state index contributed by atoms with van der Waals surface area (Å²) in [4.78, 5) is 0. The molecule has 1 aromatic rings. The molecule has 2 rings (SSSR count). The number of piperidine rings is 1. The van der Waals surface area contributed by atoms with Gasteiger partial charge in [0, 0.05) is 11.8 Å². The number of aromatic nitrogens is 2. The number of hydrogen-bond donors (Lipinski definition) is 1. The van der Waals surface area contributed by atoms with Gasteiger partial charge in [-0.25, -0.2) is 0 Å². The highest BCUT2D eigenvalue weighted by Gasteiger charge is 2.15. The lowest BCUT2D eigenvalue weighted by atomic mass is 10.2. The molecule has 0 bridgehead atoms. The van der Waals surface area contributed by atoms with Gasteiger partial charge in [-0.15, -0.1) is 10.2 Å². The van der Waals surface area contributed by atoms with Crippen molar-refractivity contribution in [3.05, 3.63) is 5.01 Å². The largest absolute Gasteiger partial charge is 0.316 e. The molecule has 0 aliphatic carbocycles. The summed E-state index contributed by atoms with van der Waals surface area (Å²) < 4.78 is 1.12. The molecule has 1 fully saturated rings. The van der Waals surface area contributed by atoms with E-state index in [1.165, 1.54) is 19.4 Å². The minimum atomic E-state index is 0.695. The summed E-state index contributed by atoms with van der Waals surface area (Å²) in [6.45, 7) is 4.29. The Morgan fingerprint density at radius 2 is 2.46 bits per heavy atom. The maximum Gasteiger partial charge on any atom is 0.174 e. The van der Waals surface area contributed by atoms with Crippen LogP contribution in [0.25, 0.3) is 0 Å². The summed E-state index contributed by atoms with van der Waals surface area (Å²) in [5.74, 6) is 0. The van der Waals surface area contributed by atoms with E-state index >= 15 is 0 Å². The maximum absolute atomic E-state index is 4.11. The fraction of sp³-hybridized carbons (Fsp3) is 0.750. The van der Waals surface area contributed by atoms with Gasteiger partial charge in [-0.3, -0.25) is 0 Å². The standard InChI is InChI=1S/C8H13N3S2/c1-6-10-11-8(12-6)13-7-3-2-4-9-5-7/h7,9H,2-5H2,1H3/t7-/m0/s1. The Morgan fingerprint density at radius 1 is 1.54 bits per heavy atom. The summed E-state index contributed by atoms with van der Waals surface area (Å²) in [7, 11) is 0. The van der Waals surface area contributed by atoms with Crippen molar-refractivity contribution in [1.82, 2.24) is 15.5 Å². The Labute approximate surface area is 86.3 Å². The van der Waals surface area contributed by atoms with Crippen LogP contribution in [0.15, 0.2) is 4.34 Å². The molecule has 1 atom stereocenters. The molecular formula is C8H13N3S2. The zero-order valence-corrected chi connectivity index (χ0v) is 9.25. The first kappa shape index (κ1) is 9.43. The van der Waals surface area contributed by atoms with Crippen molar-refractivity contribution in [2.45, 2.75) is 29.4 Å². The first-order valence-corrected chi connectivity index (χ1v) is 6.22. The maximum atomic E-state index is 4.11. The molecular weight excluding hydrogens is 202 g/mol. The highest BCUT2D eigenvalue weighted by atomic mass is 32.2. The normalized spacial score (nSPS) is 23.3. The summed E-state index contributed by atoms with van der Waals surface area (Å²) in [6.07, 6.45) is 2.59. The van der Waals surface area contributed by atoms with Crippen LogP contribution in [0.3, 0.4) is 0 Å². The van der Waals surface area contributed by atoms with Crippen LogP contribution < -0.4 is 5.32 Å². The molecule has 13 heavy (non-hydrogen) atoms. The monoisotopic (exact) mass is 215 g/mol. The third-order valence-electron chi connectivity index (χ3n) is 2.03. The predicted molar refractivity (Wildman–Crippen MR) is 56.4 cm³/mol. The van der Waals surface area contributed by atoms with E-state index in [0.29, 0.717) is 5.25 Å². The summed E-state index contributed by atoms with van der Waals surface area (Å²) in [5.41, 5.74) is 0. The highest BCUT2D eigenvalue weighted by Crippen LogP contribution is 2.29. The molecule has 0 radical (unpaired) electrons. The van der Waals surface area contributed by atoms with Crippen molar-refractivity contribution in [3.8, 4) is 0 Å². The van der Waals surface area contributed by atoms with Gasteiger partial charge in [0.05, 0.1) is 0 Å². The lowest BCUT2D eigenvalue weighted by molar-refractivity contribution is 0.531. The second-order valence-electron chi connectivity index (χ2n) is 3.17. The van der Waals surface area contributed by atoms with Crippen LogP contribution in [-0.4, -0.2) is 28.5 Å². The van der Waals surface area contributed by atoms with Gasteiger partial charge in [0.15, 0.2) is 4.34 Å². The third-order valence-corrected chi connectivity index (χ3v) is 4.22. The Balaban J connectivity index is 1.89. The summed E-state index contributed by atoms with van der Waals surface area (Å²) in [5, 5.41) is 13.3. The quantitative estimate of drug-likeness (QED) is 0.814. The van der Waals surface area contributed by atoms with Crippen molar-refractivity contribution < 1.29 is 0 Å². The average molecular weight is 215 g/mol. The van der Waals surface area contributed by atoms with E-state index in [1.54, 1.807) is 11.3 Å².